The Morgan fingerprint density at radius 1 is 0.158 bits per heavy atom. The average molecular weight is 805 g/mol. The summed E-state index contributed by atoms with van der Waals surface area (Å²) in [5, 5.41) is 0. The van der Waals surface area contributed by atoms with Crippen molar-refractivity contribution >= 4 is 0 Å². The van der Waals surface area contributed by atoms with Crippen LogP contribution in [0.25, 0.3) is 66.8 Å². The van der Waals surface area contributed by atoms with Gasteiger partial charge in [0.05, 0.1) is 16.7 Å². The maximum atomic E-state index is 16.3. The topological polar surface area (TPSA) is 0 Å². The van der Waals surface area contributed by atoms with E-state index in [9.17, 15) is 13.2 Å². The van der Waals surface area contributed by atoms with Gasteiger partial charge in [0.25, 0.3) is 0 Å². The van der Waals surface area contributed by atoms with Gasteiger partial charge in [0.1, 0.15) is 0 Å². The van der Waals surface area contributed by atoms with E-state index < -0.39 is 154 Å². The summed E-state index contributed by atoms with van der Waals surface area (Å²) in [4.78, 5) is 0. The second-order valence-corrected chi connectivity index (χ2v) is 12.2. The average Bonchev–Trinajstić information content (AvgIpc) is 3.23. The molecule has 0 radical (unpaired) electrons. The van der Waals surface area contributed by atoms with Gasteiger partial charge in [0, 0.05) is 16.7 Å². The van der Waals surface area contributed by atoms with Crippen LogP contribution in [0.4, 0.5) is 65.9 Å². The lowest BCUT2D eigenvalue weighted by molar-refractivity contribution is 0.381. The molecule has 0 aliphatic carbocycles. The highest BCUT2D eigenvalue weighted by molar-refractivity contribution is 6.15. The molecule has 0 spiro atoms. The minimum absolute atomic E-state index is 0.506. The third-order valence-electron chi connectivity index (χ3n) is 9.07. The normalized spacial score (nSPS) is 11.4. The smallest absolute Gasteiger partial charge is 0.200 e. The lowest BCUT2D eigenvalue weighted by atomic mass is 9.73. The van der Waals surface area contributed by atoms with E-state index >= 15 is 52.7 Å². The SMILES string of the molecule is Fc1c(F)c(F)c(-c2c(-c3ccccc3)c(-c3c(F)c(F)c(F)c(F)c3F)c(-c3ccccc3)c(-c3c(F)c(F)c(F)c(F)c3F)c2-c2ccccc2)c(F)c1F. The Labute approximate surface area is 310 Å². The Morgan fingerprint density at radius 3 is 0.491 bits per heavy atom. The van der Waals surface area contributed by atoms with Crippen molar-refractivity contribution in [3.63, 3.8) is 0 Å². The monoisotopic (exact) mass is 804 g/mol. The number of rotatable bonds is 6. The Kier molecular flexibility index (Phi) is 9.88. The van der Waals surface area contributed by atoms with Gasteiger partial charge in [-0.05, 0) is 33.4 Å². The molecule has 0 aromatic heterocycles. The van der Waals surface area contributed by atoms with E-state index in [1.54, 1.807) is 0 Å². The van der Waals surface area contributed by atoms with Gasteiger partial charge >= 0.3 is 0 Å². The Balaban J connectivity index is 2.00. The zero-order chi connectivity index (χ0) is 41.2. The first-order chi connectivity index (χ1) is 27.1. The van der Waals surface area contributed by atoms with Gasteiger partial charge in [-0.25, -0.2) is 65.9 Å². The quantitative estimate of drug-likeness (QED) is 0.0892. The zero-order valence-corrected chi connectivity index (χ0v) is 27.8. The van der Waals surface area contributed by atoms with Crippen LogP contribution in [-0.2, 0) is 0 Å². The van der Waals surface area contributed by atoms with Crippen molar-refractivity contribution in [3.8, 4) is 66.8 Å². The van der Waals surface area contributed by atoms with Gasteiger partial charge < -0.3 is 0 Å². The van der Waals surface area contributed by atoms with E-state index in [1.165, 1.54) is 54.6 Å². The fraction of sp³-hybridized carbons (Fsp3) is 0. The van der Waals surface area contributed by atoms with Crippen molar-refractivity contribution in [2.45, 2.75) is 0 Å². The fourth-order valence-corrected chi connectivity index (χ4v) is 6.65. The highest BCUT2D eigenvalue weighted by atomic mass is 19.2. The molecule has 0 heterocycles. The van der Waals surface area contributed by atoms with Crippen LogP contribution in [0.2, 0.25) is 0 Å². The molecule has 0 N–H and O–H groups in total. The molecule has 7 aromatic carbocycles. The second-order valence-electron chi connectivity index (χ2n) is 12.2. The molecule has 288 valence electrons. The molecule has 15 heteroatoms. The first-order valence-corrected chi connectivity index (χ1v) is 16.1. The summed E-state index contributed by atoms with van der Waals surface area (Å²) in [5.74, 6) is -40.1. The molecule has 0 unspecified atom stereocenters. The number of halogens is 15. The molecule has 0 saturated carbocycles. The molecular formula is C42H15F15. The minimum Gasteiger partial charge on any atom is -0.203 e. The molecule has 57 heavy (non-hydrogen) atoms. The summed E-state index contributed by atoms with van der Waals surface area (Å²) >= 11 is 0. The molecule has 0 aliphatic rings. The molecule has 0 fully saturated rings. The van der Waals surface area contributed by atoms with Crippen LogP contribution in [-0.4, -0.2) is 0 Å². The minimum atomic E-state index is -2.72. The van der Waals surface area contributed by atoms with E-state index in [1.807, 2.05) is 0 Å². The largest absolute Gasteiger partial charge is 0.203 e. The summed E-state index contributed by atoms with van der Waals surface area (Å²) in [6.45, 7) is 0. The predicted octanol–water partition coefficient (Wildman–Crippen LogP) is 13.8. The summed E-state index contributed by atoms with van der Waals surface area (Å²) in [7, 11) is 0. The van der Waals surface area contributed by atoms with Crippen molar-refractivity contribution in [2.24, 2.45) is 0 Å². The van der Waals surface area contributed by atoms with E-state index in [4.69, 9.17) is 0 Å². The molecule has 0 nitrogen and oxygen atoms in total. The first-order valence-electron chi connectivity index (χ1n) is 16.1. The van der Waals surface area contributed by atoms with Crippen LogP contribution in [0.1, 0.15) is 0 Å². The lowest BCUT2D eigenvalue weighted by Crippen LogP contribution is -2.12. The van der Waals surface area contributed by atoms with Crippen molar-refractivity contribution < 1.29 is 65.9 Å². The molecular weight excluding hydrogens is 789 g/mol. The van der Waals surface area contributed by atoms with Crippen LogP contribution in [0, 0.1) is 87.3 Å². The molecule has 7 aromatic rings. The van der Waals surface area contributed by atoms with Gasteiger partial charge in [-0.1, -0.05) is 91.0 Å². The second kappa shape index (κ2) is 14.5. The standard InChI is InChI=1S/C42H15F15/c43-28-25(29(44)35(50)40(55)34(28)49)22-19(16-10-4-1-5-11-16)23(26-30(45)36(51)41(56)37(52)31(26)46)21(18-14-8-3-9-15-18)24(20(22)17-12-6-2-7-13-17)27-32(47)38(53)42(57)39(54)33(27)48/h1-15H. The number of hydrogen-bond acceptors (Lipinski definition) is 0. The van der Waals surface area contributed by atoms with Gasteiger partial charge in [-0.2, -0.15) is 0 Å². The molecule has 7 rings (SSSR count). The fourth-order valence-electron chi connectivity index (χ4n) is 6.65. The maximum absolute atomic E-state index is 16.3. The number of hydrogen-bond donors (Lipinski definition) is 0. The van der Waals surface area contributed by atoms with Crippen LogP contribution < -0.4 is 0 Å². The first kappa shape index (κ1) is 38.8. The zero-order valence-electron chi connectivity index (χ0n) is 27.8. The molecule has 0 aliphatic heterocycles. The third-order valence-corrected chi connectivity index (χ3v) is 9.07. The molecule has 0 amide bonds. The Morgan fingerprint density at radius 2 is 0.316 bits per heavy atom. The van der Waals surface area contributed by atoms with Gasteiger partial charge in [0.2, 0.25) is 17.5 Å². The van der Waals surface area contributed by atoms with Crippen LogP contribution in [0.15, 0.2) is 91.0 Å². The Bertz CT molecular complexity index is 2360. The molecule has 0 bridgehead atoms. The molecule has 0 saturated heterocycles. The van der Waals surface area contributed by atoms with E-state index in [0.717, 1.165) is 36.4 Å². The summed E-state index contributed by atoms with van der Waals surface area (Å²) in [6.07, 6.45) is 0. The van der Waals surface area contributed by atoms with E-state index in [0.29, 0.717) is 0 Å². The highest BCUT2D eigenvalue weighted by Crippen LogP contribution is 2.58. The predicted molar refractivity (Wildman–Crippen MR) is 178 cm³/mol. The Hall–Kier alpha value is -6.51. The summed E-state index contributed by atoms with van der Waals surface area (Å²) < 4.78 is 233. The lowest BCUT2D eigenvalue weighted by Gasteiger charge is -2.29. The van der Waals surface area contributed by atoms with Crippen LogP contribution >= 0.6 is 0 Å². The van der Waals surface area contributed by atoms with Crippen LogP contribution in [0.5, 0.6) is 0 Å². The maximum Gasteiger partial charge on any atom is 0.200 e. The van der Waals surface area contributed by atoms with Crippen molar-refractivity contribution in [2.75, 3.05) is 0 Å². The van der Waals surface area contributed by atoms with Crippen molar-refractivity contribution in [1.82, 2.24) is 0 Å². The van der Waals surface area contributed by atoms with Crippen LogP contribution in [0.3, 0.4) is 0 Å². The summed E-state index contributed by atoms with van der Waals surface area (Å²) in [6, 6.07) is 17.0. The van der Waals surface area contributed by atoms with E-state index in [-0.39, 0.29) is 0 Å². The third kappa shape index (κ3) is 5.90. The van der Waals surface area contributed by atoms with Gasteiger partial charge in [-0.3, -0.25) is 0 Å². The van der Waals surface area contributed by atoms with Gasteiger partial charge in [0.15, 0.2) is 69.8 Å². The highest BCUT2D eigenvalue weighted by Gasteiger charge is 2.40. The summed E-state index contributed by atoms with van der Waals surface area (Å²) in [5.41, 5.74) is -15.0. The molecule has 0 atom stereocenters. The van der Waals surface area contributed by atoms with Gasteiger partial charge in [-0.15, -0.1) is 0 Å². The number of benzene rings is 7. The van der Waals surface area contributed by atoms with E-state index in [2.05, 4.69) is 0 Å². The van der Waals surface area contributed by atoms with Crippen molar-refractivity contribution in [1.29, 1.82) is 0 Å². The van der Waals surface area contributed by atoms with Crippen molar-refractivity contribution in [3.05, 3.63) is 178 Å².